The monoisotopic (exact) mass is 541 g/mol. The highest BCUT2D eigenvalue weighted by Crippen LogP contribution is 2.52. The lowest BCUT2D eigenvalue weighted by Crippen LogP contribution is -2.50. The van der Waals surface area contributed by atoms with E-state index < -0.39 is 5.41 Å². The maximum absolute atomic E-state index is 13.3. The van der Waals surface area contributed by atoms with Crippen molar-refractivity contribution in [1.29, 1.82) is 0 Å². The Bertz CT molecular complexity index is 1400. The number of hydrogen-bond donors (Lipinski definition) is 1. The van der Waals surface area contributed by atoms with Gasteiger partial charge in [0.05, 0.1) is 26.3 Å². The second-order valence-electron chi connectivity index (χ2n) is 11.0. The zero-order chi connectivity index (χ0) is 27.5. The summed E-state index contributed by atoms with van der Waals surface area (Å²) in [6.45, 7) is 3.90. The van der Waals surface area contributed by atoms with Crippen LogP contribution in [0, 0.1) is 5.41 Å². The standard InChI is InChI=1S/C31H35N5O4/c1-34-15-13-32-27(34)18-35-14-6-16-39-26-10-5-9-24-25-17-36(29(38)12-11-23-7-3-2-4-8-23)21-31(25,22-40-30(24)26)20-33-28(37)19-35/h2-5,7-13,15,25H,6,14,16-22H2,1H3,(H,33,37)/b12-11+/t25-,31+/m0/s1. The first kappa shape index (κ1) is 26.1. The number of nitrogens with one attached hydrogen (secondary N) is 1. The third-order valence-corrected chi connectivity index (χ3v) is 8.23. The predicted octanol–water partition coefficient (Wildman–Crippen LogP) is 2.84. The van der Waals surface area contributed by atoms with Crippen LogP contribution in [0.4, 0.5) is 0 Å². The van der Waals surface area contributed by atoms with Gasteiger partial charge in [-0.05, 0) is 24.1 Å². The van der Waals surface area contributed by atoms with Gasteiger partial charge in [-0.1, -0.05) is 42.5 Å². The number of aryl methyl sites for hydroxylation is 1. The van der Waals surface area contributed by atoms with E-state index in [0.717, 1.165) is 34.9 Å². The summed E-state index contributed by atoms with van der Waals surface area (Å²) in [5.74, 6) is 2.32. The van der Waals surface area contributed by atoms with E-state index in [1.54, 1.807) is 12.3 Å². The van der Waals surface area contributed by atoms with Gasteiger partial charge in [-0.2, -0.15) is 0 Å². The Hall–Kier alpha value is -4.11. The number of aromatic nitrogens is 2. The molecule has 2 amide bonds. The molecule has 3 aromatic rings. The number of carbonyl (C=O) groups is 2. The van der Waals surface area contributed by atoms with E-state index >= 15 is 0 Å². The summed E-state index contributed by atoms with van der Waals surface area (Å²) < 4.78 is 14.6. The molecule has 2 atom stereocenters. The molecule has 1 saturated heterocycles. The zero-order valence-corrected chi connectivity index (χ0v) is 22.8. The van der Waals surface area contributed by atoms with Crippen molar-refractivity contribution >= 4 is 17.9 Å². The number of ether oxygens (including phenoxy) is 2. The predicted molar refractivity (Wildman–Crippen MR) is 151 cm³/mol. The minimum absolute atomic E-state index is 0.0146. The first-order valence-electron chi connectivity index (χ1n) is 13.9. The van der Waals surface area contributed by atoms with Gasteiger partial charge in [0.15, 0.2) is 11.5 Å². The Morgan fingerprint density at radius 3 is 2.88 bits per heavy atom. The van der Waals surface area contributed by atoms with E-state index in [0.29, 0.717) is 45.9 Å². The summed E-state index contributed by atoms with van der Waals surface area (Å²) in [6, 6.07) is 15.8. The molecule has 1 N–H and O–H groups in total. The molecule has 1 spiro atoms. The van der Waals surface area contributed by atoms with E-state index in [-0.39, 0.29) is 24.3 Å². The van der Waals surface area contributed by atoms with Crippen LogP contribution in [0.25, 0.3) is 6.08 Å². The van der Waals surface area contributed by atoms with E-state index in [9.17, 15) is 9.59 Å². The van der Waals surface area contributed by atoms with Crippen molar-refractivity contribution in [2.24, 2.45) is 12.5 Å². The fraction of sp³-hybridized carbons (Fsp3) is 0.387. The summed E-state index contributed by atoms with van der Waals surface area (Å²) in [4.78, 5) is 35.0. The minimum Gasteiger partial charge on any atom is -0.490 e. The fourth-order valence-corrected chi connectivity index (χ4v) is 6.04. The van der Waals surface area contributed by atoms with Crippen molar-refractivity contribution in [2.75, 3.05) is 45.9 Å². The molecule has 0 aliphatic carbocycles. The van der Waals surface area contributed by atoms with Crippen LogP contribution in [-0.4, -0.2) is 77.1 Å². The highest BCUT2D eigenvalue weighted by atomic mass is 16.5. The van der Waals surface area contributed by atoms with Gasteiger partial charge in [0.25, 0.3) is 0 Å². The molecule has 4 aliphatic heterocycles. The van der Waals surface area contributed by atoms with Gasteiger partial charge in [0.2, 0.25) is 11.8 Å². The van der Waals surface area contributed by atoms with Crippen molar-refractivity contribution in [3.05, 3.63) is 84.0 Å². The number of amides is 2. The van der Waals surface area contributed by atoms with Crippen molar-refractivity contribution in [3.8, 4) is 11.5 Å². The SMILES string of the molecule is Cn1ccnc1CN1CCCOc2cccc3c2OC[C@@]2(CNC(=O)C1)CN(C(=O)/C=C/c1ccccc1)C[C@@H]32. The van der Waals surface area contributed by atoms with Crippen LogP contribution in [0.1, 0.15) is 29.3 Å². The third kappa shape index (κ3) is 5.34. The maximum Gasteiger partial charge on any atom is 0.246 e. The van der Waals surface area contributed by atoms with Crippen LogP contribution in [0.5, 0.6) is 11.5 Å². The molecule has 1 aromatic heterocycles. The molecule has 9 nitrogen and oxygen atoms in total. The van der Waals surface area contributed by atoms with Gasteiger partial charge in [-0.15, -0.1) is 0 Å². The molecular weight excluding hydrogens is 506 g/mol. The first-order valence-corrected chi connectivity index (χ1v) is 13.9. The molecule has 9 heteroatoms. The van der Waals surface area contributed by atoms with Crippen LogP contribution in [0.15, 0.2) is 67.0 Å². The number of carbonyl (C=O) groups excluding carboxylic acids is 2. The van der Waals surface area contributed by atoms with Crippen molar-refractivity contribution in [2.45, 2.75) is 18.9 Å². The molecule has 5 heterocycles. The summed E-state index contributed by atoms with van der Waals surface area (Å²) in [5, 5.41) is 3.20. The van der Waals surface area contributed by atoms with Crippen LogP contribution in [-0.2, 0) is 23.2 Å². The highest BCUT2D eigenvalue weighted by molar-refractivity contribution is 5.92. The van der Waals surface area contributed by atoms with Crippen LogP contribution in [0.3, 0.4) is 0 Å². The lowest BCUT2D eigenvalue weighted by atomic mass is 9.73. The first-order chi connectivity index (χ1) is 19.5. The number of benzene rings is 2. The largest absolute Gasteiger partial charge is 0.490 e. The Kier molecular flexibility index (Phi) is 7.30. The van der Waals surface area contributed by atoms with Gasteiger partial charge in [-0.3, -0.25) is 14.5 Å². The van der Waals surface area contributed by atoms with Crippen LogP contribution in [0.2, 0.25) is 0 Å². The average molecular weight is 542 g/mol. The summed E-state index contributed by atoms with van der Waals surface area (Å²) >= 11 is 0. The second-order valence-corrected chi connectivity index (χ2v) is 11.0. The molecule has 0 radical (unpaired) electrons. The Labute approximate surface area is 234 Å². The fourth-order valence-electron chi connectivity index (χ4n) is 6.04. The Morgan fingerprint density at radius 1 is 1.18 bits per heavy atom. The molecule has 208 valence electrons. The summed E-state index contributed by atoms with van der Waals surface area (Å²) in [6.07, 6.45) is 7.92. The van der Waals surface area contributed by atoms with Crippen LogP contribution < -0.4 is 14.8 Å². The molecule has 4 bridgehead atoms. The number of likely N-dealkylation sites (tertiary alicyclic amines) is 1. The number of para-hydroxylation sites is 1. The van der Waals surface area contributed by atoms with Crippen molar-refractivity contribution < 1.29 is 19.1 Å². The zero-order valence-electron chi connectivity index (χ0n) is 22.8. The van der Waals surface area contributed by atoms with Gasteiger partial charge in [-0.25, -0.2) is 4.98 Å². The Balaban J connectivity index is 1.26. The van der Waals surface area contributed by atoms with Gasteiger partial charge >= 0.3 is 0 Å². The van der Waals surface area contributed by atoms with Crippen LogP contribution >= 0.6 is 0 Å². The molecule has 4 aliphatic rings. The average Bonchev–Trinajstić information content (AvgIpc) is 3.57. The van der Waals surface area contributed by atoms with Crippen molar-refractivity contribution in [3.63, 3.8) is 0 Å². The molecule has 2 aromatic carbocycles. The second kappa shape index (κ2) is 11.2. The molecule has 0 unspecified atom stereocenters. The number of rotatable bonds is 4. The summed E-state index contributed by atoms with van der Waals surface area (Å²) in [7, 11) is 1.96. The van der Waals surface area contributed by atoms with E-state index in [2.05, 4.69) is 21.3 Å². The van der Waals surface area contributed by atoms with E-state index in [4.69, 9.17) is 9.47 Å². The lowest BCUT2D eigenvalue weighted by molar-refractivity contribution is -0.125. The van der Waals surface area contributed by atoms with Gasteiger partial charge in [0.1, 0.15) is 5.82 Å². The maximum atomic E-state index is 13.3. The Morgan fingerprint density at radius 2 is 2.05 bits per heavy atom. The quantitative estimate of drug-likeness (QED) is 0.511. The molecule has 7 rings (SSSR count). The smallest absolute Gasteiger partial charge is 0.246 e. The van der Waals surface area contributed by atoms with Crippen molar-refractivity contribution in [1.82, 2.24) is 24.7 Å². The minimum atomic E-state index is -0.438. The number of fused-ring (bicyclic) bond motifs is 9. The molecule has 1 fully saturated rings. The number of hydrogen-bond acceptors (Lipinski definition) is 6. The molecule has 0 saturated carbocycles. The van der Waals surface area contributed by atoms with E-state index in [1.807, 2.05) is 71.3 Å². The van der Waals surface area contributed by atoms with E-state index in [1.165, 1.54) is 0 Å². The lowest BCUT2D eigenvalue weighted by Gasteiger charge is -2.40. The van der Waals surface area contributed by atoms with Gasteiger partial charge in [0, 0.05) is 68.6 Å². The topological polar surface area (TPSA) is 88.9 Å². The third-order valence-electron chi connectivity index (χ3n) is 8.23. The normalized spacial score (nSPS) is 23.3. The van der Waals surface area contributed by atoms with Gasteiger partial charge < -0.3 is 24.3 Å². The molecular formula is C31H35N5O4. The highest BCUT2D eigenvalue weighted by Gasteiger charge is 2.52. The molecule has 40 heavy (non-hydrogen) atoms. The number of imidazole rings is 1. The summed E-state index contributed by atoms with van der Waals surface area (Å²) in [5.41, 5.74) is 1.57. The number of nitrogens with zero attached hydrogens (tertiary/aromatic N) is 4.